The number of hydrogen-bond donors (Lipinski definition) is 2. The fourth-order valence-corrected chi connectivity index (χ4v) is 2.75. The highest BCUT2D eigenvalue weighted by molar-refractivity contribution is 5.76. The van der Waals surface area contributed by atoms with Crippen LogP contribution >= 0.6 is 0 Å². The van der Waals surface area contributed by atoms with Crippen LogP contribution in [0, 0.1) is 0 Å². The average molecular weight is 248 g/mol. The monoisotopic (exact) mass is 248 g/mol. The summed E-state index contributed by atoms with van der Waals surface area (Å²) in [6, 6.07) is 5.49. The Morgan fingerprint density at radius 1 is 1.28 bits per heavy atom. The largest absolute Gasteiger partial charge is 0.508 e. The molecule has 1 atom stereocenters. The molecule has 0 aliphatic heterocycles. The van der Waals surface area contributed by atoms with Crippen LogP contribution in [0.1, 0.15) is 62.0 Å². The summed E-state index contributed by atoms with van der Waals surface area (Å²) in [4.78, 5) is 10.9. The third-order valence-electron chi connectivity index (χ3n) is 3.97. The van der Waals surface area contributed by atoms with Gasteiger partial charge in [0.2, 0.25) is 0 Å². The number of carbonyl (C=O) groups is 1. The number of hydrogen-bond acceptors (Lipinski definition) is 2. The van der Waals surface area contributed by atoms with E-state index in [-0.39, 0.29) is 5.75 Å². The van der Waals surface area contributed by atoms with E-state index in [9.17, 15) is 9.90 Å². The topological polar surface area (TPSA) is 57.5 Å². The zero-order chi connectivity index (χ0) is 13.1. The van der Waals surface area contributed by atoms with Gasteiger partial charge in [-0.25, -0.2) is 0 Å². The Morgan fingerprint density at radius 2 is 1.94 bits per heavy atom. The molecule has 1 saturated carbocycles. The highest BCUT2D eigenvalue weighted by Gasteiger charge is 2.20. The molecular weight excluding hydrogens is 228 g/mol. The van der Waals surface area contributed by atoms with E-state index in [4.69, 9.17) is 5.11 Å². The Hall–Kier alpha value is -1.51. The van der Waals surface area contributed by atoms with Gasteiger partial charge in [0.25, 0.3) is 0 Å². The van der Waals surface area contributed by atoms with Crippen LogP contribution in [-0.4, -0.2) is 16.2 Å². The highest BCUT2D eigenvalue weighted by atomic mass is 16.4. The predicted molar refractivity (Wildman–Crippen MR) is 70.0 cm³/mol. The summed E-state index contributed by atoms with van der Waals surface area (Å²) in [5.41, 5.74) is 1.65. The molecule has 98 valence electrons. The standard InChI is InChI=1S/C15H20O3/c1-10(15(17)18)13-8-7-12(9-14(13)16)11-5-3-2-4-6-11/h7-11,16H,2-6H2,1H3,(H,17,18)/t10-/m1/s1. The number of carboxylic acids is 1. The summed E-state index contributed by atoms with van der Waals surface area (Å²) in [7, 11) is 0. The van der Waals surface area contributed by atoms with E-state index < -0.39 is 11.9 Å². The molecule has 1 aliphatic rings. The lowest BCUT2D eigenvalue weighted by molar-refractivity contribution is -0.138. The van der Waals surface area contributed by atoms with Crippen molar-refractivity contribution in [3.63, 3.8) is 0 Å². The lowest BCUT2D eigenvalue weighted by Gasteiger charge is -2.22. The molecule has 3 heteroatoms. The van der Waals surface area contributed by atoms with Crippen LogP contribution in [0.3, 0.4) is 0 Å². The molecule has 0 amide bonds. The molecule has 3 nitrogen and oxygen atoms in total. The third-order valence-corrected chi connectivity index (χ3v) is 3.97. The first-order chi connectivity index (χ1) is 8.59. The van der Waals surface area contributed by atoms with Crippen molar-refractivity contribution < 1.29 is 15.0 Å². The van der Waals surface area contributed by atoms with Crippen LogP contribution in [0.2, 0.25) is 0 Å². The minimum absolute atomic E-state index is 0.118. The van der Waals surface area contributed by atoms with Crippen LogP contribution in [0.25, 0.3) is 0 Å². The fraction of sp³-hybridized carbons (Fsp3) is 0.533. The van der Waals surface area contributed by atoms with Gasteiger partial charge in [-0.2, -0.15) is 0 Å². The van der Waals surface area contributed by atoms with Crippen molar-refractivity contribution in [3.05, 3.63) is 29.3 Å². The minimum Gasteiger partial charge on any atom is -0.508 e. The molecule has 0 bridgehead atoms. The quantitative estimate of drug-likeness (QED) is 0.858. The Kier molecular flexibility index (Phi) is 3.90. The van der Waals surface area contributed by atoms with Gasteiger partial charge in [-0.15, -0.1) is 0 Å². The van der Waals surface area contributed by atoms with Gasteiger partial charge in [-0.05, 0) is 37.3 Å². The average Bonchev–Trinajstić information content (AvgIpc) is 2.38. The Labute approximate surface area is 107 Å². The van der Waals surface area contributed by atoms with E-state index in [2.05, 4.69) is 0 Å². The molecule has 0 heterocycles. The van der Waals surface area contributed by atoms with Crippen LogP contribution in [0.15, 0.2) is 18.2 Å². The fourth-order valence-electron chi connectivity index (χ4n) is 2.75. The number of phenols is 1. The van der Waals surface area contributed by atoms with E-state index in [0.29, 0.717) is 11.5 Å². The maximum Gasteiger partial charge on any atom is 0.310 e. The van der Waals surface area contributed by atoms with Crippen molar-refractivity contribution in [2.24, 2.45) is 0 Å². The normalized spacial score (nSPS) is 18.5. The molecule has 1 aromatic rings. The molecule has 0 radical (unpaired) electrons. The van der Waals surface area contributed by atoms with Crippen molar-refractivity contribution in [2.75, 3.05) is 0 Å². The number of carboxylic acid groups (broad SMARTS) is 1. The highest BCUT2D eigenvalue weighted by Crippen LogP contribution is 2.36. The van der Waals surface area contributed by atoms with Gasteiger partial charge >= 0.3 is 5.97 Å². The van der Waals surface area contributed by atoms with Crippen LogP contribution in [0.5, 0.6) is 5.75 Å². The molecule has 0 unspecified atom stereocenters. The molecule has 0 aromatic heterocycles. The lowest BCUT2D eigenvalue weighted by Crippen LogP contribution is -2.09. The molecule has 1 aliphatic carbocycles. The van der Waals surface area contributed by atoms with Crippen molar-refractivity contribution in [2.45, 2.75) is 50.9 Å². The summed E-state index contributed by atoms with van der Waals surface area (Å²) in [5.74, 6) is -0.923. The SMILES string of the molecule is C[C@@H](C(=O)O)c1ccc(C2CCCCC2)cc1O. The maximum absolute atomic E-state index is 10.9. The van der Waals surface area contributed by atoms with Crippen LogP contribution in [0.4, 0.5) is 0 Å². The predicted octanol–water partition coefficient (Wildman–Crippen LogP) is 3.63. The maximum atomic E-state index is 10.9. The summed E-state index contributed by atoms with van der Waals surface area (Å²) in [6.07, 6.45) is 6.15. The molecular formula is C15H20O3. The molecule has 0 spiro atoms. The molecule has 2 N–H and O–H groups in total. The van der Waals surface area contributed by atoms with Gasteiger partial charge in [0.15, 0.2) is 0 Å². The van der Waals surface area contributed by atoms with Crippen molar-refractivity contribution in [1.29, 1.82) is 0 Å². The minimum atomic E-state index is -0.907. The first-order valence-corrected chi connectivity index (χ1v) is 6.65. The van der Waals surface area contributed by atoms with Crippen LogP contribution in [-0.2, 0) is 4.79 Å². The van der Waals surface area contributed by atoms with Gasteiger partial charge in [0.1, 0.15) is 5.75 Å². The first-order valence-electron chi connectivity index (χ1n) is 6.65. The van der Waals surface area contributed by atoms with Gasteiger partial charge in [0.05, 0.1) is 5.92 Å². The molecule has 2 rings (SSSR count). The summed E-state index contributed by atoms with van der Waals surface area (Å²) < 4.78 is 0. The second kappa shape index (κ2) is 5.42. The molecule has 1 aromatic carbocycles. The Balaban J connectivity index is 2.21. The third kappa shape index (κ3) is 2.66. The number of aliphatic carboxylic acids is 1. The van der Waals surface area contributed by atoms with E-state index in [1.54, 1.807) is 19.1 Å². The Bertz CT molecular complexity index is 433. The number of aromatic hydroxyl groups is 1. The van der Waals surface area contributed by atoms with Gasteiger partial charge < -0.3 is 10.2 Å². The number of rotatable bonds is 3. The van der Waals surface area contributed by atoms with Gasteiger partial charge in [-0.3, -0.25) is 4.79 Å². The first kappa shape index (κ1) is 12.9. The number of benzene rings is 1. The second-order valence-electron chi connectivity index (χ2n) is 5.21. The summed E-state index contributed by atoms with van der Waals surface area (Å²) in [6.45, 7) is 1.59. The smallest absolute Gasteiger partial charge is 0.310 e. The van der Waals surface area contributed by atoms with Crippen LogP contribution < -0.4 is 0 Å². The number of phenolic OH excluding ortho intramolecular Hbond substituents is 1. The van der Waals surface area contributed by atoms with E-state index in [0.717, 1.165) is 5.56 Å². The van der Waals surface area contributed by atoms with Crippen molar-refractivity contribution >= 4 is 5.97 Å². The second-order valence-corrected chi connectivity index (χ2v) is 5.21. The zero-order valence-electron chi connectivity index (χ0n) is 10.7. The van der Waals surface area contributed by atoms with E-state index >= 15 is 0 Å². The molecule has 0 saturated heterocycles. The van der Waals surface area contributed by atoms with E-state index in [1.807, 2.05) is 6.07 Å². The van der Waals surface area contributed by atoms with Crippen molar-refractivity contribution in [3.8, 4) is 5.75 Å². The zero-order valence-corrected chi connectivity index (χ0v) is 10.7. The summed E-state index contributed by atoms with van der Waals surface area (Å²) in [5, 5.41) is 18.9. The molecule has 18 heavy (non-hydrogen) atoms. The Morgan fingerprint density at radius 3 is 2.50 bits per heavy atom. The van der Waals surface area contributed by atoms with Crippen molar-refractivity contribution in [1.82, 2.24) is 0 Å². The van der Waals surface area contributed by atoms with Gasteiger partial charge in [0, 0.05) is 5.56 Å². The lowest BCUT2D eigenvalue weighted by atomic mass is 9.83. The molecule has 1 fully saturated rings. The van der Waals surface area contributed by atoms with Gasteiger partial charge in [-0.1, -0.05) is 31.4 Å². The summed E-state index contributed by atoms with van der Waals surface area (Å²) >= 11 is 0. The van der Waals surface area contributed by atoms with E-state index in [1.165, 1.54) is 32.1 Å².